The van der Waals surface area contributed by atoms with Crippen molar-refractivity contribution in [1.82, 2.24) is 0 Å². The smallest absolute Gasteiger partial charge is 0.328 e. The second kappa shape index (κ2) is 27.7. The monoisotopic (exact) mass is 446 g/mol. The first-order valence-electron chi connectivity index (χ1n) is 14.0. The average molecular weight is 447 g/mol. The SMILES string of the molecule is CCCCCCCCCCCCCCCCCCCCCCCC=CC=CC=CC(=O)O. The van der Waals surface area contributed by atoms with Gasteiger partial charge in [-0.05, 0) is 12.8 Å². The summed E-state index contributed by atoms with van der Waals surface area (Å²) in [5, 5.41) is 8.47. The molecular weight excluding hydrogens is 392 g/mol. The van der Waals surface area contributed by atoms with E-state index in [0.29, 0.717) is 0 Å². The van der Waals surface area contributed by atoms with Gasteiger partial charge in [-0.2, -0.15) is 0 Å². The van der Waals surface area contributed by atoms with Gasteiger partial charge in [-0.15, -0.1) is 0 Å². The van der Waals surface area contributed by atoms with Gasteiger partial charge in [0, 0.05) is 6.08 Å². The Hall–Kier alpha value is -1.31. The molecule has 1 N–H and O–H groups in total. The van der Waals surface area contributed by atoms with Crippen molar-refractivity contribution in [3.05, 3.63) is 36.5 Å². The number of rotatable bonds is 25. The number of allylic oxidation sites excluding steroid dienone is 5. The average Bonchev–Trinajstić information content (AvgIpc) is 2.78. The van der Waals surface area contributed by atoms with E-state index >= 15 is 0 Å². The molecule has 32 heavy (non-hydrogen) atoms. The predicted octanol–water partition coefficient (Wildman–Crippen LogP) is 10.3. The van der Waals surface area contributed by atoms with Crippen molar-refractivity contribution >= 4 is 5.97 Å². The normalized spacial score (nSPS) is 12.0. The van der Waals surface area contributed by atoms with Crippen LogP contribution in [0.3, 0.4) is 0 Å². The van der Waals surface area contributed by atoms with Crippen LogP contribution in [0, 0.1) is 0 Å². The summed E-state index contributed by atoms with van der Waals surface area (Å²) in [4.78, 5) is 10.3. The second-order valence-electron chi connectivity index (χ2n) is 9.37. The highest BCUT2D eigenvalue weighted by atomic mass is 16.4. The summed E-state index contributed by atoms with van der Waals surface area (Å²) in [6, 6.07) is 0. The fraction of sp³-hybridized carbons (Fsp3) is 0.767. The summed E-state index contributed by atoms with van der Waals surface area (Å²) < 4.78 is 0. The molecule has 0 aromatic rings. The molecule has 0 aromatic heterocycles. The third-order valence-corrected chi connectivity index (χ3v) is 6.18. The van der Waals surface area contributed by atoms with Crippen LogP contribution < -0.4 is 0 Å². The molecule has 0 saturated carbocycles. The minimum atomic E-state index is -0.904. The summed E-state index contributed by atoms with van der Waals surface area (Å²) in [7, 11) is 0. The molecule has 2 heteroatoms. The lowest BCUT2D eigenvalue weighted by atomic mass is 10.0. The molecule has 0 amide bonds. The number of carboxylic acids is 1. The summed E-state index contributed by atoms with van der Waals surface area (Å²) in [5.74, 6) is -0.904. The van der Waals surface area contributed by atoms with Crippen LogP contribution in [-0.4, -0.2) is 11.1 Å². The molecule has 0 unspecified atom stereocenters. The van der Waals surface area contributed by atoms with Crippen LogP contribution in [0.4, 0.5) is 0 Å². The van der Waals surface area contributed by atoms with Crippen molar-refractivity contribution in [2.45, 2.75) is 148 Å². The van der Waals surface area contributed by atoms with Crippen LogP contribution >= 0.6 is 0 Å². The molecule has 0 bridgehead atoms. The van der Waals surface area contributed by atoms with Gasteiger partial charge in [-0.3, -0.25) is 0 Å². The van der Waals surface area contributed by atoms with E-state index in [9.17, 15) is 4.79 Å². The van der Waals surface area contributed by atoms with E-state index in [-0.39, 0.29) is 0 Å². The lowest BCUT2D eigenvalue weighted by molar-refractivity contribution is -0.131. The molecule has 0 atom stereocenters. The van der Waals surface area contributed by atoms with Crippen molar-refractivity contribution in [2.75, 3.05) is 0 Å². The van der Waals surface area contributed by atoms with E-state index in [1.165, 1.54) is 135 Å². The molecular formula is C30H54O2. The van der Waals surface area contributed by atoms with Gasteiger partial charge < -0.3 is 5.11 Å². The standard InChI is InChI=1S/C30H54O2/c1-2-3-4-5-6-7-8-9-10-11-12-13-14-15-16-17-18-19-20-21-22-23-24-25-26-27-28-29-30(31)32/h24-29H,2-23H2,1H3,(H,31,32). The third-order valence-electron chi connectivity index (χ3n) is 6.18. The van der Waals surface area contributed by atoms with Gasteiger partial charge in [-0.25, -0.2) is 4.79 Å². The lowest BCUT2D eigenvalue weighted by Gasteiger charge is -2.04. The number of hydrogen-bond acceptors (Lipinski definition) is 1. The molecule has 0 saturated heterocycles. The van der Waals surface area contributed by atoms with Crippen molar-refractivity contribution in [1.29, 1.82) is 0 Å². The minimum absolute atomic E-state index is 0.904. The number of hydrogen-bond donors (Lipinski definition) is 1. The Morgan fingerprint density at radius 3 is 1.22 bits per heavy atom. The Labute approximate surface area is 200 Å². The number of aliphatic carboxylic acids is 1. The molecule has 0 aliphatic heterocycles. The zero-order chi connectivity index (χ0) is 23.4. The van der Waals surface area contributed by atoms with Crippen LogP contribution in [0.25, 0.3) is 0 Å². The van der Waals surface area contributed by atoms with Crippen molar-refractivity contribution in [2.24, 2.45) is 0 Å². The van der Waals surface area contributed by atoms with Gasteiger partial charge in [0.2, 0.25) is 0 Å². The van der Waals surface area contributed by atoms with E-state index in [4.69, 9.17) is 5.11 Å². The molecule has 186 valence electrons. The zero-order valence-electron chi connectivity index (χ0n) is 21.4. The molecule has 0 rings (SSSR count). The Morgan fingerprint density at radius 2 is 0.844 bits per heavy atom. The van der Waals surface area contributed by atoms with Crippen molar-refractivity contribution in [3.63, 3.8) is 0 Å². The fourth-order valence-corrected chi connectivity index (χ4v) is 4.14. The van der Waals surface area contributed by atoms with Gasteiger partial charge in [0.05, 0.1) is 0 Å². The first kappa shape index (κ1) is 30.7. The molecule has 0 aliphatic carbocycles. The largest absolute Gasteiger partial charge is 0.478 e. The first-order chi connectivity index (χ1) is 15.8. The van der Waals surface area contributed by atoms with Crippen LogP contribution in [0.1, 0.15) is 148 Å². The quantitative estimate of drug-likeness (QED) is 0.0860. The maximum absolute atomic E-state index is 10.3. The Morgan fingerprint density at radius 1 is 0.500 bits per heavy atom. The Bertz CT molecular complexity index is 461. The predicted molar refractivity (Wildman–Crippen MR) is 142 cm³/mol. The molecule has 0 radical (unpaired) electrons. The van der Waals surface area contributed by atoms with Crippen LogP contribution in [0.15, 0.2) is 36.5 Å². The van der Waals surface area contributed by atoms with Gasteiger partial charge in [0.25, 0.3) is 0 Å². The molecule has 0 aromatic carbocycles. The Kier molecular flexibility index (Phi) is 26.6. The topological polar surface area (TPSA) is 37.3 Å². The summed E-state index contributed by atoms with van der Waals surface area (Å²) in [6.07, 6.45) is 41.5. The zero-order valence-corrected chi connectivity index (χ0v) is 21.4. The van der Waals surface area contributed by atoms with Gasteiger partial charge in [0.1, 0.15) is 0 Å². The Balaban J connectivity index is 3.13. The summed E-state index contributed by atoms with van der Waals surface area (Å²) >= 11 is 0. The van der Waals surface area contributed by atoms with E-state index in [2.05, 4.69) is 13.0 Å². The number of carbonyl (C=O) groups is 1. The van der Waals surface area contributed by atoms with E-state index in [1.54, 1.807) is 12.2 Å². The van der Waals surface area contributed by atoms with Crippen LogP contribution in [0.5, 0.6) is 0 Å². The third kappa shape index (κ3) is 28.7. The highest BCUT2D eigenvalue weighted by molar-refractivity contribution is 5.80. The van der Waals surface area contributed by atoms with E-state index in [1.807, 2.05) is 12.2 Å². The van der Waals surface area contributed by atoms with E-state index < -0.39 is 5.97 Å². The molecule has 2 nitrogen and oxygen atoms in total. The summed E-state index contributed by atoms with van der Waals surface area (Å²) in [6.45, 7) is 2.29. The van der Waals surface area contributed by atoms with Gasteiger partial charge in [0.15, 0.2) is 0 Å². The van der Waals surface area contributed by atoms with Gasteiger partial charge >= 0.3 is 5.97 Å². The van der Waals surface area contributed by atoms with E-state index in [0.717, 1.165) is 12.5 Å². The van der Waals surface area contributed by atoms with Crippen LogP contribution in [-0.2, 0) is 4.79 Å². The maximum atomic E-state index is 10.3. The molecule has 0 spiro atoms. The highest BCUT2D eigenvalue weighted by Gasteiger charge is 1.95. The highest BCUT2D eigenvalue weighted by Crippen LogP contribution is 2.15. The maximum Gasteiger partial charge on any atom is 0.328 e. The van der Waals surface area contributed by atoms with Crippen molar-refractivity contribution < 1.29 is 9.90 Å². The summed E-state index contributed by atoms with van der Waals surface area (Å²) in [5.41, 5.74) is 0. The van der Waals surface area contributed by atoms with Crippen LogP contribution in [0.2, 0.25) is 0 Å². The minimum Gasteiger partial charge on any atom is -0.478 e. The second-order valence-corrected chi connectivity index (χ2v) is 9.37. The number of unbranched alkanes of at least 4 members (excludes halogenated alkanes) is 21. The van der Waals surface area contributed by atoms with Crippen molar-refractivity contribution in [3.8, 4) is 0 Å². The number of carboxylic acid groups (broad SMARTS) is 1. The molecule has 0 aliphatic rings. The van der Waals surface area contributed by atoms with Gasteiger partial charge in [-0.1, -0.05) is 166 Å². The molecule has 0 fully saturated rings. The lowest BCUT2D eigenvalue weighted by Crippen LogP contribution is -1.84. The fourth-order valence-electron chi connectivity index (χ4n) is 4.14. The first-order valence-corrected chi connectivity index (χ1v) is 14.0. The molecule has 0 heterocycles.